The molecule has 0 saturated carbocycles. The molecular formula is C8H14N2O. The first-order chi connectivity index (χ1) is 5.24. The molecule has 1 fully saturated rings. The van der Waals surface area contributed by atoms with E-state index < -0.39 is 0 Å². The van der Waals surface area contributed by atoms with Gasteiger partial charge in [-0.25, -0.2) is 0 Å². The quantitative estimate of drug-likeness (QED) is 0.587. The van der Waals surface area contributed by atoms with E-state index in [1.165, 1.54) is 0 Å². The highest BCUT2D eigenvalue weighted by Crippen LogP contribution is 2.08. The van der Waals surface area contributed by atoms with E-state index >= 15 is 0 Å². The molecule has 0 aromatic heterocycles. The van der Waals surface area contributed by atoms with Crippen molar-refractivity contribution in [1.82, 2.24) is 4.90 Å². The highest BCUT2D eigenvalue weighted by atomic mass is 16.2. The molecule has 0 bridgehead atoms. The van der Waals surface area contributed by atoms with Gasteiger partial charge in [0.25, 0.3) is 0 Å². The van der Waals surface area contributed by atoms with Gasteiger partial charge in [-0.3, -0.25) is 4.79 Å². The van der Waals surface area contributed by atoms with Gasteiger partial charge in [0.2, 0.25) is 5.91 Å². The van der Waals surface area contributed by atoms with Gasteiger partial charge in [0.15, 0.2) is 0 Å². The van der Waals surface area contributed by atoms with E-state index in [4.69, 9.17) is 5.73 Å². The lowest BCUT2D eigenvalue weighted by molar-refractivity contribution is -0.135. The summed E-state index contributed by atoms with van der Waals surface area (Å²) in [5.41, 5.74) is 5.52. The zero-order valence-corrected chi connectivity index (χ0v) is 6.62. The van der Waals surface area contributed by atoms with Crippen LogP contribution in [-0.4, -0.2) is 29.9 Å². The summed E-state index contributed by atoms with van der Waals surface area (Å²) in [5.74, 6) is 0.201. The number of hydrogen-bond donors (Lipinski definition) is 1. The van der Waals surface area contributed by atoms with Crippen molar-refractivity contribution < 1.29 is 4.79 Å². The number of nitrogens with two attached hydrogens (primary N) is 1. The van der Waals surface area contributed by atoms with Gasteiger partial charge in [-0.1, -0.05) is 6.08 Å². The molecule has 0 spiro atoms. The Hall–Kier alpha value is -0.830. The van der Waals surface area contributed by atoms with Crippen molar-refractivity contribution in [2.75, 3.05) is 13.1 Å². The number of nitrogens with zero attached hydrogens (tertiary/aromatic N) is 1. The highest BCUT2D eigenvalue weighted by Gasteiger charge is 2.26. The summed E-state index contributed by atoms with van der Waals surface area (Å²) < 4.78 is 0. The fourth-order valence-corrected chi connectivity index (χ4v) is 1.10. The second-order valence-electron chi connectivity index (χ2n) is 2.89. The summed E-state index contributed by atoms with van der Waals surface area (Å²) in [6.45, 7) is 5.02. The summed E-state index contributed by atoms with van der Waals surface area (Å²) in [6, 6.07) is 0.211. The van der Waals surface area contributed by atoms with Crippen LogP contribution in [0.1, 0.15) is 12.8 Å². The normalized spacial score (nSPS) is 17.7. The highest BCUT2D eigenvalue weighted by molar-refractivity contribution is 5.77. The Morgan fingerprint density at radius 1 is 1.73 bits per heavy atom. The SMILES string of the molecule is C=CCCC(=O)N1CC(N)C1. The zero-order valence-electron chi connectivity index (χ0n) is 6.62. The molecule has 1 aliphatic rings. The maximum absolute atomic E-state index is 11.2. The first kappa shape index (κ1) is 8.27. The fraction of sp³-hybridized carbons (Fsp3) is 0.625. The number of likely N-dealkylation sites (tertiary alicyclic amines) is 1. The van der Waals surface area contributed by atoms with E-state index in [1.54, 1.807) is 11.0 Å². The minimum Gasteiger partial charge on any atom is -0.339 e. The Morgan fingerprint density at radius 3 is 2.82 bits per heavy atom. The van der Waals surface area contributed by atoms with Crippen molar-refractivity contribution in [3.05, 3.63) is 12.7 Å². The number of amides is 1. The summed E-state index contributed by atoms with van der Waals surface area (Å²) in [4.78, 5) is 12.9. The van der Waals surface area contributed by atoms with Gasteiger partial charge in [-0.15, -0.1) is 6.58 Å². The van der Waals surface area contributed by atoms with Gasteiger partial charge >= 0.3 is 0 Å². The van der Waals surface area contributed by atoms with Crippen LogP contribution in [0.4, 0.5) is 0 Å². The lowest BCUT2D eigenvalue weighted by Crippen LogP contribution is -2.57. The van der Waals surface area contributed by atoms with Crippen LogP contribution in [-0.2, 0) is 4.79 Å². The Bertz CT molecular complexity index is 161. The minimum absolute atomic E-state index is 0.201. The second kappa shape index (κ2) is 3.53. The van der Waals surface area contributed by atoms with Crippen LogP contribution in [0.25, 0.3) is 0 Å². The van der Waals surface area contributed by atoms with Crippen molar-refractivity contribution in [3.8, 4) is 0 Å². The molecule has 0 aliphatic carbocycles. The maximum atomic E-state index is 11.2. The lowest BCUT2D eigenvalue weighted by atomic mass is 10.1. The molecule has 0 atom stereocenters. The number of allylic oxidation sites excluding steroid dienone is 1. The van der Waals surface area contributed by atoms with Gasteiger partial charge in [0, 0.05) is 25.6 Å². The molecule has 3 nitrogen and oxygen atoms in total. The molecule has 1 amide bonds. The average Bonchev–Trinajstić information content (AvgIpc) is 1.94. The molecule has 2 N–H and O–H groups in total. The Balaban J connectivity index is 2.16. The summed E-state index contributed by atoms with van der Waals surface area (Å²) in [7, 11) is 0. The van der Waals surface area contributed by atoms with Crippen LogP contribution in [0.3, 0.4) is 0 Å². The molecule has 0 unspecified atom stereocenters. The van der Waals surface area contributed by atoms with Crippen molar-refractivity contribution in [2.45, 2.75) is 18.9 Å². The first-order valence-electron chi connectivity index (χ1n) is 3.88. The summed E-state index contributed by atoms with van der Waals surface area (Å²) in [6.07, 6.45) is 3.11. The Kier molecular flexibility index (Phi) is 2.65. The van der Waals surface area contributed by atoms with Crippen LogP contribution in [0.5, 0.6) is 0 Å². The van der Waals surface area contributed by atoms with Gasteiger partial charge in [-0.05, 0) is 6.42 Å². The van der Waals surface area contributed by atoms with Crippen molar-refractivity contribution >= 4 is 5.91 Å². The molecule has 1 aliphatic heterocycles. The predicted octanol–water partition coefficient (Wildman–Crippen LogP) is 0.122. The molecule has 62 valence electrons. The molecule has 3 heteroatoms. The van der Waals surface area contributed by atoms with Crippen molar-refractivity contribution in [3.63, 3.8) is 0 Å². The predicted molar refractivity (Wildman–Crippen MR) is 44.0 cm³/mol. The van der Waals surface area contributed by atoms with E-state index in [-0.39, 0.29) is 11.9 Å². The van der Waals surface area contributed by atoms with E-state index in [2.05, 4.69) is 6.58 Å². The third kappa shape index (κ3) is 2.05. The van der Waals surface area contributed by atoms with Crippen LogP contribution < -0.4 is 5.73 Å². The zero-order chi connectivity index (χ0) is 8.27. The largest absolute Gasteiger partial charge is 0.339 e. The minimum atomic E-state index is 0.201. The molecular weight excluding hydrogens is 140 g/mol. The van der Waals surface area contributed by atoms with Crippen LogP contribution in [0.15, 0.2) is 12.7 Å². The first-order valence-corrected chi connectivity index (χ1v) is 3.88. The molecule has 0 radical (unpaired) electrons. The van der Waals surface area contributed by atoms with Crippen LogP contribution >= 0.6 is 0 Å². The number of hydrogen-bond acceptors (Lipinski definition) is 2. The Labute approximate surface area is 66.9 Å². The van der Waals surface area contributed by atoms with E-state index in [1.807, 2.05) is 0 Å². The van der Waals surface area contributed by atoms with Crippen molar-refractivity contribution in [2.24, 2.45) is 5.73 Å². The molecule has 1 saturated heterocycles. The molecule has 0 aromatic carbocycles. The van der Waals surface area contributed by atoms with E-state index in [0.717, 1.165) is 19.5 Å². The van der Waals surface area contributed by atoms with Crippen LogP contribution in [0.2, 0.25) is 0 Å². The molecule has 11 heavy (non-hydrogen) atoms. The third-order valence-electron chi connectivity index (χ3n) is 1.82. The third-order valence-corrected chi connectivity index (χ3v) is 1.82. The number of carbonyl (C=O) groups is 1. The monoisotopic (exact) mass is 154 g/mol. The number of carbonyl (C=O) groups excluding carboxylic acids is 1. The lowest BCUT2D eigenvalue weighted by Gasteiger charge is -2.36. The van der Waals surface area contributed by atoms with Gasteiger partial charge in [-0.2, -0.15) is 0 Å². The average molecular weight is 154 g/mol. The molecule has 0 aromatic rings. The van der Waals surface area contributed by atoms with E-state index in [0.29, 0.717) is 6.42 Å². The topological polar surface area (TPSA) is 46.3 Å². The summed E-state index contributed by atoms with van der Waals surface area (Å²) >= 11 is 0. The van der Waals surface area contributed by atoms with Gasteiger partial charge in [0.1, 0.15) is 0 Å². The molecule has 1 rings (SSSR count). The Morgan fingerprint density at radius 2 is 2.36 bits per heavy atom. The van der Waals surface area contributed by atoms with Crippen LogP contribution in [0, 0.1) is 0 Å². The summed E-state index contributed by atoms with van der Waals surface area (Å²) in [5, 5.41) is 0. The van der Waals surface area contributed by atoms with E-state index in [9.17, 15) is 4.79 Å². The fourth-order valence-electron chi connectivity index (χ4n) is 1.10. The van der Waals surface area contributed by atoms with Crippen molar-refractivity contribution in [1.29, 1.82) is 0 Å². The standard InChI is InChI=1S/C8H14N2O/c1-2-3-4-8(11)10-5-7(9)6-10/h2,7H,1,3-6,9H2. The smallest absolute Gasteiger partial charge is 0.222 e. The number of rotatable bonds is 3. The maximum Gasteiger partial charge on any atom is 0.222 e. The molecule has 1 heterocycles. The van der Waals surface area contributed by atoms with Gasteiger partial charge in [0.05, 0.1) is 0 Å². The second-order valence-corrected chi connectivity index (χ2v) is 2.89. The van der Waals surface area contributed by atoms with Gasteiger partial charge < -0.3 is 10.6 Å².